The first-order chi connectivity index (χ1) is 9.22. The first-order valence-corrected chi connectivity index (χ1v) is 5.46. The van der Waals surface area contributed by atoms with Crippen LogP contribution in [0.1, 0.15) is 0 Å². The molecule has 0 spiro atoms. The molecular formula is C13H10N6. The molecule has 1 N–H and O–H groups in total. The normalized spacial score (nSPS) is 9.21. The number of hydrogen-bond acceptors (Lipinski definition) is 5. The number of nitrogens with one attached hydrogen (secondary N) is 1. The van der Waals surface area contributed by atoms with E-state index in [4.69, 9.17) is 10.5 Å². The highest BCUT2D eigenvalue weighted by molar-refractivity contribution is 6.10. The monoisotopic (exact) mass is 250 g/mol. The molecule has 6 nitrogen and oxygen atoms in total. The van der Waals surface area contributed by atoms with Crippen LogP contribution >= 0.6 is 0 Å². The number of hydrogen-bond donors (Lipinski definition) is 1. The number of rotatable bonds is 3. The van der Waals surface area contributed by atoms with Gasteiger partial charge in [-0.1, -0.05) is 12.1 Å². The molecule has 0 radical (unpaired) electrons. The van der Waals surface area contributed by atoms with Gasteiger partial charge in [-0.15, -0.1) is 0 Å². The molecule has 0 saturated heterocycles. The zero-order valence-electron chi connectivity index (χ0n) is 10.2. The Morgan fingerprint density at radius 2 is 2.11 bits per heavy atom. The molecular weight excluding hydrogens is 240 g/mol. The lowest BCUT2D eigenvalue weighted by atomic mass is 10.1. The van der Waals surface area contributed by atoms with Gasteiger partial charge in [0, 0.05) is 18.8 Å². The third-order valence-corrected chi connectivity index (χ3v) is 2.41. The van der Waals surface area contributed by atoms with Gasteiger partial charge in [0.05, 0.1) is 11.9 Å². The molecule has 0 fully saturated rings. The predicted octanol–water partition coefficient (Wildman–Crippen LogP) is 1.90. The summed E-state index contributed by atoms with van der Waals surface area (Å²) < 4.78 is 1.72. The fourth-order valence-electron chi connectivity index (χ4n) is 1.53. The lowest BCUT2D eigenvalue weighted by Gasteiger charge is -2.02. The van der Waals surface area contributed by atoms with E-state index in [0.717, 1.165) is 11.1 Å². The van der Waals surface area contributed by atoms with Gasteiger partial charge in [-0.3, -0.25) is 10.1 Å². The molecule has 1 heterocycles. The molecule has 0 amide bonds. The van der Waals surface area contributed by atoms with Crippen LogP contribution in [-0.4, -0.2) is 15.5 Å². The molecule has 0 saturated carbocycles. The van der Waals surface area contributed by atoms with Crippen molar-refractivity contribution in [3.8, 4) is 23.3 Å². The second kappa shape index (κ2) is 5.48. The molecule has 1 aromatic carbocycles. The lowest BCUT2D eigenvalue weighted by molar-refractivity contribution is 0.768. The third-order valence-electron chi connectivity index (χ3n) is 2.41. The van der Waals surface area contributed by atoms with Gasteiger partial charge in [0.1, 0.15) is 12.1 Å². The van der Waals surface area contributed by atoms with Crippen LogP contribution in [0.25, 0.3) is 11.1 Å². The van der Waals surface area contributed by atoms with E-state index in [1.165, 1.54) is 0 Å². The van der Waals surface area contributed by atoms with Crippen LogP contribution in [0.2, 0.25) is 0 Å². The molecule has 0 bridgehead atoms. The summed E-state index contributed by atoms with van der Waals surface area (Å²) in [5.74, 6) is 0. The maximum Gasteiger partial charge on any atom is 0.237 e. The second-order valence-electron chi connectivity index (χ2n) is 3.78. The first kappa shape index (κ1) is 12.3. The van der Waals surface area contributed by atoms with E-state index < -0.39 is 0 Å². The van der Waals surface area contributed by atoms with E-state index in [-0.39, 0.29) is 5.71 Å². The predicted molar refractivity (Wildman–Crippen MR) is 70.9 cm³/mol. The van der Waals surface area contributed by atoms with E-state index >= 15 is 0 Å². The van der Waals surface area contributed by atoms with Crippen molar-refractivity contribution in [3.05, 3.63) is 36.7 Å². The molecule has 0 aliphatic heterocycles. The SMILES string of the molecule is Cn1cc(-c2cccc(NN=C(C#N)C#N)c2)cn1. The summed E-state index contributed by atoms with van der Waals surface area (Å²) in [5.41, 5.74) is 5.12. The van der Waals surface area contributed by atoms with E-state index in [2.05, 4.69) is 15.6 Å². The highest BCUT2D eigenvalue weighted by Gasteiger charge is 2.01. The largest absolute Gasteiger partial charge is 0.276 e. The van der Waals surface area contributed by atoms with E-state index in [9.17, 15) is 0 Å². The highest BCUT2D eigenvalue weighted by atomic mass is 15.3. The zero-order valence-corrected chi connectivity index (χ0v) is 10.2. The number of anilines is 1. The van der Waals surface area contributed by atoms with Crippen molar-refractivity contribution in [2.75, 3.05) is 5.43 Å². The number of benzene rings is 1. The average Bonchev–Trinajstić information content (AvgIpc) is 2.87. The Kier molecular flexibility index (Phi) is 3.56. The number of hydrazone groups is 1. The van der Waals surface area contributed by atoms with Crippen LogP contribution in [0.3, 0.4) is 0 Å². The zero-order chi connectivity index (χ0) is 13.7. The molecule has 0 aliphatic rings. The van der Waals surface area contributed by atoms with Crippen molar-refractivity contribution in [1.82, 2.24) is 9.78 Å². The Morgan fingerprint density at radius 1 is 1.32 bits per heavy atom. The second-order valence-corrected chi connectivity index (χ2v) is 3.78. The van der Waals surface area contributed by atoms with E-state index in [1.807, 2.05) is 31.4 Å². The third kappa shape index (κ3) is 2.96. The van der Waals surface area contributed by atoms with Crippen LogP contribution in [0.15, 0.2) is 41.8 Å². The summed E-state index contributed by atoms with van der Waals surface area (Å²) >= 11 is 0. The van der Waals surface area contributed by atoms with Crippen molar-refractivity contribution in [2.45, 2.75) is 0 Å². The molecule has 19 heavy (non-hydrogen) atoms. The standard InChI is InChI=1S/C13H10N6/c1-19-9-11(8-16-19)10-3-2-4-12(5-10)17-18-13(6-14)7-15/h2-5,8-9,17H,1H3. The molecule has 6 heteroatoms. The maximum absolute atomic E-state index is 8.59. The number of aromatic nitrogens is 2. The fraction of sp³-hybridized carbons (Fsp3) is 0.0769. The summed E-state index contributed by atoms with van der Waals surface area (Å²) in [6.45, 7) is 0. The highest BCUT2D eigenvalue weighted by Crippen LogP contribution is 2.21. The van der Waals surface area contributed by atoms with Gasteiger partial charge in [-0.2, -0.15) is 20.7 Å². The van der Waals surface area contributed by atoms with Crippen molar-refractivity contribution in [3.63, 3.8) is 0 Å². The molecule has 1 aromatic heterocycles. The van der Waals surface area contributed by atoms with Gasteiger partial charge in [-0.05, 0) is 17.7 Å². The quantitative estimate of drug-likeness (QED) is 0.665. The van der Waals surface area contributed by atoms with Gasteiger partial charge in [0.15, 0.2) is 0 Å². The van der Waals surface area contributed by atoms with E-state index in [0.29, 0.717) is 5.69 Å². The molecule has 2 rings (SSSR count). The van der Waals surface area contributed by atoms with Crippen LogP contribution in [0.4, 0.5) is 5.69 Å². The van der Waals surface area contributed by atoms with Crippen LogP contribution in [0, 0.1) is 22.7 Å². The van der Waals surface area contributed by atoms with Crippen LogP contribution in [0.5, 0.6) is 0 Å². The molecule has 0 atom stereocenters. The van der Waals surface area contributed by atoms with Gasteiger partial charge >= 0.3 is 0 Å². The number of aryl methyl sites for hydroxylation is 1. The minimum Gasteiger partial charge on any atom is -0.276 e. The topological polar surface area (TPSA) is 89.8 Å². The Labute approximate surface area is 110 Å². The summed E-state index contributed by atoms with van der Waals surface area (Å²) in [7, 11) is 1.85. The molecule has 92 valence electrons. The Bertz CT molecular complexity index is 682. The minimum absolute atomic E-state index is 0.216. The van der Waals surface area contributed by atoms with Crippen LogP contribution < -0.4 is 5.43 Å². The maximum atomic E-state index is 8.59. The number of nitriles is 2. The van der Waals surface area contributed by atoms with Crippen molar-refractivity contribution in [1.29, 1.82) is 10.5 Å². The lowest BCUT2D eigenvalue weighted by Crippen LogP contribution is -1.96. The summed E-state index contributed by atoms with van der Waals surface area (Å²) in [5, 5.41) is 25.0. The van der Waals surface area contributed by atoms with Crippen LogP contribution in [-0.2, 0) is 7.05 Å². The molecule has 2 aromatic rings. The molecule has 0 unspecified atom stereocenters. The number of nitrogens with zero attached hydrogens (tertiary/aromatic N) is 5. The Balaban J connectivity index is 2.24. The van der Waals surface area contributed by atoms with Gasteiger partial charge in [0.2, 0.25) is 5.71 Å². The summed E-state index contributed by atoms with van der Waals surface area (Å²) in [6, 6.07) is 10.8. The fourth-order valence-corrected chi connectivity index (χ4v) is 1.53. The summed E-state index contributed by atoms with van der Waals surface area (Å²) in [6.07, 6.45) is 3.66. The van der Waals surface area contributed by atoms with Gasteiger partial charge < -0.3 is 0 Å². The Morgan fingerprint density at radius 3 is 2.74 bits per heavy atom. The van der Waals surface area contributed by atoms with Crippen molar-refractivity contribution < 1.29 is 0 Å². The van der Waals surface area contributed by atoms with Gasteiger partial charge in [0.25, 0.3) is 0 Å². The van der Waals surface area contributed by atoms with Gasteiger partial charge in [-0.25, -0.2) is 0 Å². The van der Waals surface area contributed by atoms with E-state index in [1.54, 1.807) is 29.1 Å². The Hall–Kier alpha value is -3.12. The average molecular weight is 250 g/mol. The summed E-state index contributed by atoms with van der Waals surface area (Å²) in [4.78, 5) is 0. The molecule has 0 aliphatic carbocycles. The van der Waals surface area contributed by atoms with Crippen molar-refractivity contribution in [2.24, 2.45) is 12.1 Å². The smallest absolute Gasteiger partial charge is 0.237 e. The van der Waals surface area contributed by atoms with Crippen molar-refractivity contribution >= 4 is 11.4 Å². The minimum atomic E-state index is -0.216. The first-order valence-electron chi connectivity index (χ1n) is 5.46.